The first kappa shape index (κ1) is 26.8. The Kier molecular flexibility index (Phi) is 7.72. The fraction of sp³-hybridized carbons (Fsp3) is 0.258. The molecule has 204 valence electrons. The first-order valence-corrected chi connectivity index (χ1v) is 13.3. The number of ketones is 1. The molecular formula is C31H31N5O4. The fourth-order valence-electron chi connectivity index (χ4n) is 5.27. The first-order chi connectivity index (χ1) is 19.3. The van der Waals surface area contributed by atoms with Gasteiger partial charge in [0.15, 0.2) is 5.78 Å². The number of hydrogen-bond donors (Lipinski definition) is 2. The predicted molar refractivity (Wildman–Crippen MR) is 153 cm³/mol. The second-order valence-electron chi connectivity index (χ2n) is 9.99. The molecular weight excluding hydrogens is 506 g/mol. The summed E-state index contributed by atoms with van der Waals surface area (Å²) < 4.78 is 0. The highest BCUT2D eigenvalue weighted by Crippen LogP contribution is 2.29. The van der Waals surface area contributed by atoms with Crippen LogP contribution in [0.4, 0.5) is 16.2 Å². The number of hydrogen-bond acceptors (Lipinski definition) is 5. The number of aliphatic imine (C=N–C) groups is 1. The Balaban J connectivity index is 1.51. The van der Waals surface area contributed by atoms with Gasteiger partial charge in [-0.05, 0) is 43.5 Å². The molecule has 0 aromatic heterocycles. The molecule has 0 saturated carbocycles. The number of aryl methyl sites for hydroxylation is 1. The van der Waals surface area contributed by atoms with Gasteiger partial charge < -0.3 is 20.4 Å². The van der Waals surface area contributed by atoms with Crippen molar-refractivity contribution in [1.29, 1.82) is 0 Å². The van der Waals surface area contributed by atoms with E-state index in [0.717, 1.165) is 17.5 Å². The molecule has 5 rings (SSSR count). The number of likely N-dealkylation sites (tertiary alicyclic amines) is 1. The Morgan fingerprint density at radius 1 is 0.975 bits per heavy atom. The number of carbonyl (C=O) groups excluding carboxylic acids is 4. The molecule has 2 heterocycles. The minimum atomic E-state index is -1.30. The van der Waals surface area contributed by atoms with Crippen LogP contribution in [0.5, 0.6) is 0 Å². The van der Waals surface area contributed by atoms with Crippen LogP contribution in [0.1, 0.15) is 36.5 Å². The van der Waals surface area contributed by atoms with Crippen molar-refractivity contribution in [2.45, 2.75) is 38.9 Å². The number of anilines is 2. The van der Waals surface area contributed by atoms with Gasteiger partial charge in [0.25, 0.3) is 5.91 Å². The van der Waals surface area contributed by atoms with Crippen molar-refractivity contribution in [3.63, 3.8) is 0 Å². The first-order valence-electron chi connectivity index (χ1n) is 13.3. The van der Waals surface area contributed by atoms with Crippen LogP contribution in [0.3, 0.4) is 0 Å². The van der Waals surface area contributed by atoms with Crippen molar-refractivity contribution in [3.8, 4) is 0 Å². The Morgan fingerprint density at radius 2 is 1.73 bits per heavy atom. The Morgan fingerprint density at radius 3 is 2.48 bits per heavy atom. The highest BCUT2D eigenvalue weighted by molar-refractivity contribution is 6.21. The van der Waals surface area contributed by atoms with Crippen molar-refractivity contribution in [2.24, 2.45) is 4.99 Å². The van der Waals surface area contributed by atoms with Crippen LogP contribution in [0.25, 0.3) is 0 Å². The summed E-state index contributed by atoms with van der Waals surface area (Å²) in [4.78, 5) is 60.4. The van der Waals surface area contributed by atoms with Crippen molar-refractivity contribution in [1.82, 2.24) is 10.2 Å². The van der Waals surface area contributed by atoms with E-state index >= 15 is 0 Å². The van der Waals surface area contributed by atoms with Crippen molar-refractivity contribution >= 4 is 40.7 Å². The maximum atomic E-state index is 14.0. The third-order valence-electron chi connectivity index (χ3n) is 7.14. The van der Waals surface area contributed by atoms with E-state index < -0.39 is 24.1 Å². The molecule has 40 heavy (non-hydrogen) atoms. The number of benzene rings is 3. The molecule has 2 aliphatic rings. The number of rotatable bonds is 6. The summed E-state index contributed by atoms with van der Waals surface area (Å²) in [5.41, 5.74) is 4.00. The third kappa shape index (κ3) is 5.63. The van der Waals surface area contributed by atoms with E-state index in [-0.39, 0.29) is 18.2 Å². The Labute approximate surface area is 232 Å². The molecule has 2 atom stereocenters. The molecule has 0 unspecified atom stereocenters. The average Bonchev–Trinajstić information content (AvgIpc) is 3.41. The van der Waals surface area contributed by atoms with E-state index in [0.29, 0.717) is 35.6 Å². The Bertz CT molecular complexity index is 1490. The molecule has 0 bridgehead atoms. The zero-order chi connectivity index (χ0) is 28.2. The molecule has 9 nitrogen and oxygen atoms in total. The summed E-state index contributed by atoms with van der Waals surface area (Å²) in [6, 6.07) is 22.8. The van der Waals surface area contributed by atoms with Crippen LogP contribution >= 0.6 is 0 Å². The van der Waals surface area contributed by atoms with Crippen LogP contribution < -0.4 is 15.5 Å². The molecule has 3 aromatic carbocycles. The van der Waals surface area contributed by atoms with Gasteiger partial charge in [-0.25, -0.2) is 9.79 Å². The summed E-state index contributed by atoms with van der Waals surface area (Å²) >= 11 is 0. The van der Waals surface area contributed by atoms with Crippen LogP contribution in [-0.2, 0) is 14.4 Å². The maximum Gasteiger partial charge on any atom is 0.321 e. The average molecular weight is 538 g/mol. The van der Waals surface area contributed by atoms with Crippen molar-refractivity contribution in [2.75, 3.05) is 23.3 Å². The molecule has 3 aromatic rings. The van der Waals surface area contributed by atoms with E-state index in [1.54, 1.807) is 23.1 Å². The number of para-hydroxylation sites is 1. The summed E-state index contributed by atoms with van der Waals surface area (Å²) in [5, 5.41) is 5.47. The minimum absolute atomic E-state index is 0.166. The third-order valence-corrected chi connectivity index (χ3v) is 7.14. The number of Topliss-reactive ketones (excluding diaryl/α,β-unsaturated/α-hetero) is 1. The predicted octanol–water partition coefficient (Wildman–Crippen LogP) is 3.91. The standard InChI is InChI=1S/C31H31N5O4/c1-20-10-8-13-23(18-20)32-31(40)34-29-30(39)36(19-27(38)26-16-9-17-35(26)21(2)37)25-15-7-6-14-24(25)28(33-29)22-11-4-3-5-12-22/h3-8,10-15,18,26,29H,9,16-17,19H2,1-2H3,(H2,32,34,40)/t26-,29-/m0/s1. The summed E-state index contributed by atoms with van der Waals surface area (Å²) in [7, 11) is 0. The van der Waals surface area contributed by atoms with Crippen LogP contribution in [0, 0.1) is 6.92 Å². The van der Waals surface area contributed by atoms with Crippen LogP contribution in [0.2, 0.25) is 0 Å². The van der Waals surface area contributed by atoms with Gasteiger partial charge in [-0.15, -0.1) is 0 Å². The topological polar surface area (TPSA) is 111 Å². The minimum Gasteiger partial charge on any atom is -0.333 e. The van der Waals surface area contributed by atoms with Gasteiger partial charge in [0.2, 0.25) is 12.1 Å². The van der Waals surface area contributed by atoms with Gasteiger partial charge in [-0.2, -0.15) is 0 Å². The number of benzodiazepines with no additional fused rings is 1. The number of carbonyl (C=O) groups is 4. The highest BCUT2D eigenvalue weighted by atomic mass is 16.2. The summed E-state index contributed by atoms with van der Waals surface area (Å²) in [5.74, 6) is -0.944. The normalized spacial score (nSPS) is 18.4. The molecule has 4 amide bonds. The lowest BCUT2D eigenvalue weighted by molar-refractivity contribution is -0.135. The zero-order valence-corrected chi connectivity index (χ0v) is 22.5. The lowest BCUT2D eigenvalue weighted by atomic mass is 10.00. The molecule has 0 aliphatic carbocycles. The number of nitrogens with zero attached hydrogens (tertiary/aromatic N) is 3. The number of urea groups is 1. The lowest BCUT2D eigenvalue weighted by Gasteiger charge is -2.28. The van der Waals surface area contributed by atoms with Crippen molar-refractivity contribution in [3.05, 3.63) is 95.6 Å². The molecule has 1 fully saturated rings. The molecule has 0 spiro atoms. The lowest BCUT2D eigenvalue weighted by Crippen LogP contribution is -2.52. The van der Waals surface area contributed by atoms with Gasteiger partial charge in [-0.1, -0.05) is 60.7 Å². The van der Waals surface area contributed by atoms with Gasteiger partial charge in [0.05, 0.1) is 24.0 Å². The largest absolute Gasteiger partial charge is 0.333 e. The van der Waals surface area contributed by atoms with E-state index in [9.17, 15) is 19.2 Å². The SMILES string of the molecule is CC(=O)N1CCC[C@H]1C(=O)CN1C(=O)[C@H](NC(=O)Nc2cccc(C)c2)N=C(c2ccccc2)c2ccccc21. The molecule has 9 heteroatoms. The molecule has 1 saturated heterocycles. The Hall–Kier alpha value is -4.79. The zero-order valence-electron chi connectivity index (χ0n) is 22.5. The van der Waals surface area contributed by atoms with Gasteiger partial charge in [-0.3, -0.25) is 14.4 Å². The smallest absolute Gasteiger partial charge is 0.321 e. The van der Waals surface area contributed by atoms with Gasteiger partial charge in [0, 0.05) is 30.3 Å². The van der Waals surface area contributed by atoms with E-state index in [4.69, 9.17) is 4.99 Å². The van der Waals surface area contributed by atoms with E-state index in [1.165, 1.54) is 11.8 Å². The number of fused-ring (bicyclic) bond motifs is 1. The molecule has 0 radical (unpaired) electrons. The fourth-order valence-corrected chi connectivity index (χ4v) is 5.27. The highest BCUT2D eigenvalue weighted by Gasteiger charge is 2.38. The number of nitrogens with one attached hydrogen (secondary N) is 2. The van der Waals surface area contributed by atoms with Gasteiger partial charge in [0.1, 0.15) is 0 Å². The van der Waals surface area contributed by atoms with E-state index in [2.05, 4.69) is 10.6 Å². The van der Waals surface area contributed by atoms with Crippen molar-refractivity contribution < 1.29 is 19.2 Å². The molecule has 2 aliphatic heterocycles. The monoisotopic (exact) mass is 537 g/mol. The maximum absolute atomic E-state index is 14.0. The second-order valence-corrected chi connectivity index (χ2v) is 9.99. The van der Waals surface area contributed by atoms with E-state index in [1.807, 2.05) is 67.6 Å². The summed E-state index contributed by atoms with van der Waals surface area (Å²) in [6.07, 6.45) is -0.0211. The van der Waals surface area contributed by atoms with Crippen LogP contribution in [-0.4, -0.2) is 59.5 Å². The second kappa shape index (κ2) is 11.5. The summed E-state index contributed by atoms with van der Waals surface area (Å²) in [6.45, 7) is 3.63. The number of amides is 4. The molecule has 2 N–H and O–H groups in total. The quantitative estimate of drug-likeness (QED) is 0.497. The van der Waals surface area contributed by atoms with Crippen LogP contribution in [0.15, 0.2) is 83.9 Å². The van der Waals surface area contributed by atoms with Gasteiger partial charge >= 0.3 is 6.03 Å².